The number of hydrogen-bond acceptors (Lipinski definition) is 8. The lowest BCUT2D eigenvalue weighted by Gasteiger charge is -2.53. The minimum absolute atomic E-state index is 0.00815. The fourth-order valence-corrected chi connectivity index (χ4v) is 4.73. The number of piperidine rings is 1. The van der Waals surface area contributed by atoms with Crippen LogP contribution in [0.15, 0.2) is 53.6 Å². The van der Waals surface area contributed by atoms with Crippen LogP contribution in [0.25, 0.3) is 0 Å². The van der Waals surface area contributed by atoms with E-state index in [1.54, 1.807) is 48.5 Å². The van der Waals surface area contributed by atoms with Crippen LogP contribution in [0, 0.1) is 0 Å². The second kappa shape index (κ2) is 9.93. The van der Waals surface area contributed by atoms with Crippen LogP contribution in [0.4, 0.5) is 0 Å². The fraction of sp³-hybridized carbons (Fsp3) is 0.333. The zero-order valence-corrected chi connectivity index (χ0v) is 18.4. The van der Waals surface area contributed by atoms with Gasteiger partial charge in [-0.25, -0.2) is 4.79 Å². The van der Waals surface area contributed by atoms with Gasteiger partial charge in [0.1, 0.15) is 11.3 Å². The fourth-order valence-electron chi connectivity index (χ4n) is 4.73. The Bertz CT molecular complexity index is 1030. The molecule has 2 aromatic carbocycles. The van der Waals surface area contributed by atoms with Gasteiger partial charge in [-0.3, -0.25) is 14.5 Å². The molecule has 2 atom stereocenters. The standard InChI is InChI=1S/C24H28N4O5/c1-33-20-11-9-19(10-12-20)24(28-13-3-2-4-14-28,23(25,22(31)32)21(30)16-29)18-7-5-17(6-8-18)15-27-26/h5-12,15-16H,2-4,13-14,25-26H2,1H3,(H,31,32). The predicted octanol–water partition coefficient (Wildman–Crippen LogP) is 1.27. The summed E-state index contributed by atoms with van der Waals surface area (Å²) < 4.78 is 5.27. The molecule has 0 amide bonds. The maximum absolute atomic E-state index is 13.0. The van der Waals surface area contributed by atoms with Gasteiger partial charge in [-0.15, -0.1) is 0 Å². The van der Waals surface area contributed by atoms with Crippen molar-refractivity contribution in [2.24, 2.45) is 16.7 Å². The molecular formula is C24H28N4O5. The smallest absolute Gasteiger partial charge is 0.334 e. The van der Waals surface area contributed by atoms with Gasteiger partial charge in [0.25, 0.3) is 0 Å². The molecule has 0 aliphatic carbocycles. The molecule has 9 nitrogen and oxygen atoms in total. The van der Waals surface area contributed by atoms with Gasteiger partial charge >= 0.3 is 5.97 Å². The Hall–Kier alpha value is -3.56. The van der Waals surface area contributed by atoms with Gasteiger partial charge in [0.15, 0.2) is 6.29 Å². The average molecular weight is 453 g/mol. The third kappa shape index (κ3) is 4.01. The molecule has 0 bridgehead atoms. The highest BCUT2D eigenvalue weighted by molar-refractivity contribution is 6.36. The van der Waals surface area contributed by atoms with Crippen molar-refractivity contribution in [1.82, 2.24) is 4.90 Å². The molecule has 1 saturated heterocycles. The van der Waals surface area contributed by atoms with Crippen molar-refractivity contribution in [2.45, 2.75) is 30.3 Å². The Kier molecular flexibility index (Phi) is 7.25. The molecule has 1 heterocycles. The van der Waals surface area contributed by atoms with Gasteiger partial charge in [-0.05, 0) is 54.8 Å². The maximum atomic E-state index is 13.0. The summed E-state index contributed by atoms with van der Waals surface area (Å²) in [6.07, 6.45) is 3.99. The molecule has 3 rings (SSSR count). The number of carboxylic acids is 1. The molecule has 5 N–H and O–H groups in total. The van der Waals surface area contributed by atoms with Crippen LogP contribution in [0.5, 0.6) is 5.75 Å². The topological polar surface area (TPSA) is 148 Å². The molecule has 0 radical (unpaired) electrons. The number of likely N-dealkylation sites (tertiary alicyclic amines) is 1. The number of ketones is 1. The monoisotopic (exact) mass is 452 g/mol. The number of carboxylic acid groups (broad SMARTS) is 1. The Balaban J connectivity index is 2.43. The summed E-state index contributed by atoms with van der Waals surface area (Å²) in [6.45, 7) is 0.993. The first kappa shape index (κ1) is 24.1. The van der Waals surface area contributed by atoms with Crippen molar-refractivity contribution < 1.29 is 24.2 Å². The van der Waals surface area contributed by atoms with Gasteiger partial charge in [0.05, 0.1) is 13.3 Å². The van der Waals surface area contributed by atoms with Crippen molar-refractivity contribution in [3.8, 4) is 5.75 Å². The molecule has 1 aliphatic rings. The first-order valence-corrected chi connectivity index (χ1v) is 10.6. The van der Waals surface area contributed by atoms with Crippen molar-refractivity contribution in [2.75, 3.05) is 20.2 Å². The minimum Gasteiger partial charge on any atom is -0.497 e. The number of hydrazone groups is 1. The number of aliphatic carboxylic acids is 1. The Morgan fingerprint density at radius 2 is 1.58 bits per heavy atom. The van der Waals surface area contributed by atoms with E-state index in [-0.39, 0.29) is 6.29 Å². The zero-order valence-electron chi connectivity index (χ0n) is 18.4. The molecule has 9 heteroatoms. The van der Waals surface area contributed by atoms with Gasteiger partial charge in [-0.2, -0.15) is 5.10 Å². The third-order valence-electron chi connectivity index (χ3n) is 6.29. The number of hydrogen-bond donors (Lipinski definition) is 3. The van der Waals surface area contributed by atoms with Gasteiger partial charge in [-0.1, -0.05) is 42.8 Å². The first-order chi connectivity index (χ1) is 15.9. The number of aldehydes is 1. The number of ether oxygens (including phenoxy) is 1. The largest absolute Gasteiger partial charge is 0.497 e. The van der Waals surface area contributed by atoms with Crippen LogP contribution < -0.4 is 16.3 Å². The van der Waals surface area contributed by atoms with E-state index in [0.717, 1.165) is 19.3 Å². The molecule has 1 aliphatic heterocycles. The molecule has 1 fully saturated rings. The molecule has 0 aromatic heterocycles. The maximum Gasteiger partial charge on any atom is 0.334 e. The third-order valence-corrected chi connectivity index (χ3v) is 6.29. The molecule has 2 aromatic rings. The summed E-state index contributed by atoms with van der Waals surface area (Å²) in [5, 5.41) is 13.9. The Morgan fingerprint density at radius 3 is 2.03 bits per heavy atom. The summed E-state index contributed by atoms with van der Waals surface area (Å²) in [7, 11) is 1.52. The quantitative estimate of drug-likeness (QED) is 0.129. The summed E-state index contributed by atoms with van der Waals surface area (Å²) in [5.41, 5.74) is 3.89. The van der Waals surface area contributed by atoms with Gasteiger partial charge in [0, 0.05) is 0 Å². The van der Waals surface area contributed by atoms with Crippen LogP contribution >= 0.6 is 0 Å². The van der Waals surface area contributed by atoms with Crippen LogP contribution in [-0.2, 0) is 19.9 Å². The highest BCUT2D eigenvalue weighted by Gasteiger charge is 2.64. The van der Waals surface area contributed by atoms with Crippen molar-refractivity contribution in [1.29, 1.82) is 0 Å². The Morgan fingerprint density at radius 1 is 1.03 bits per heavy atom. The van der Waals surface area contributed by atoms with E-state index in [0.29, 0.717) is 35.5 Å². The van der Waals surface area contributed by atoms with E-state index in [2.05, 4.69) is 5.10 Å². The van der Waals surface area contributed by atoms with Crippen LogP contribution in [0.3, 0.4) is 0 Å². The number of methoxy groups -OCH3 is 1. The second-order valence-electron chi connectivity index (χ2n) is 7.98. The lowest BCUT2D eigenvalue weighted by molar-refractivity contribution is -0.157. The van der Waals surface area contributed by atoms with Gasteiger partial charge in [0.2, 0.25) is 11.3 Å². The molecule has 0 saturated carbocycles. The van der Waals surface area contributed by atoms with E-state index in [1.165, 1.54) is 13.3 Å². The average Bonchev–Trinajstić information content (AvgIpc) is 2.85. The van der Waals surface area contributed by atoms with E-state index in [9.17, 15) is 19.5 Å². The predicted molar refractivity (Wildman–Crippen MR) is 123 cm³/mol. The molecule has 2 unspecified atom stereocenters. The Labute approximate surface area is 192 Å². The molecule has 174 valence electrons. The molecular weight excluding hydrogens is 424 g/mol. The summed E-state index contributed by atoms with van der Waals surface area (Å²) in [4.78, 5) is 39.4. The molecule has 33 heavy (non-hydrogen) atoms. The highest BCUT2D eigenvalue weighted by atomic mass is 16.5. The lowest BCUT2D eigenvalue weighted by Crippen LogP contribution is -2.75. The van der Waals surface area contributed by atoms with Crippen molar-refractivity contribution in [3.05, 3.63) is 65.2 Å². The van der Waals surface area contributed by atoms with E-state index in [4.69, 9.17) is 16.3 Å². The number of nitrogens with two attached hydrogens (primary N) is 2. The summed E-state index contributed by atoms with van der Waals surface area (Å²) in [6, 6.07) is 13.5. The second-order valence-corrected chi connectivity index (χ2v) is 7.98. The zero-order chi connectivity index (χ0) is 24.1. The number of Topliss-reactive ketones (excluding diaryl/α,β-unsaturated/α-hetero) is 1. The van der Waals surface area contributed by atoms with Crippen LogP contribution in [-0.4, -0.2) is 60.0 Å². The number of benzene rings is 2. The van der Waals surface area contributed by atoms with Crippen LogP contribution in [0.1, 0.15) is 36.0 Å². The summed E-state index contributed by atoms with van der Waals surface area (Å²) >= 11 is 0. The van der Waals surface area contributed by atoms with Gasteiger partial charge < -0.3 is 21.4 Å². The van der Waals surface area contributed by atoms with E-state index in [1.807, 2.05) is 4.90 Å². The lowest BCUT2D eigenvalue weighted by atomic mass is 9.64. The normalized spacial score (nSPS) is 18.2. The van der Waals surface area contributed by atoms with Crippen LogP contribution in [0.2, 0.25) is 0 Å². The SMILES string of the molecule is COc1ccc(C(c2ccc(C=NN)cc2)(N2CCCCC2)C(N)(C(=O)O)C(=O)C=O)cc1. The number of nitrogens with zero attached hydrogens (tertiary/aromatic N) is 2. The number of rotatable bonds is 9. The van der Waals surface area contributed by atoms with E-state index < -0.39 is 22.8 Å². The summed E-state index contributed by atoms with van der Waals surface area (Å²) in [5.74, 6) is 3.00. The van der Waals surface area contributed by atoms with E-state index >= 15 is 0 Å². The van der Waals surface area contributed by atoms with Crippen molar-refractivity contribution in [3.63, 3.8) is 0 Å². The van der Waals surface area contributed by atoms with Crippen molar-refractivity contribution >= 4 is 24.3 Å². The number of carbonyl (C=O) groups excluding carboxylic acids is 2. The highest BCUT2D eigenvalue weighted by Crippen LogP contribution is 2.46. The first-order valence-electron chi connectivity index (χ1n) is 10.6. The minimum atomic E-state index is -2.59. The molecule has 0 spiro atoms. The number of carbonyl (C=O) groups is 3.